The minimum Gasteiger partial charge on any atom is -0.457 e. The SMILES string of the molecule is CCC(C)(C)C(=O)Oc1c(C)cc(Oc2c(C)cc(-c3cc(C)c(Oc4cc(C)c(OC(=O)C(C)(C)CC)c(C)c4)c(C)c3C)c(C)c2C)cc1C. The first kappa shape index (κ1) is 40.2. The van der Waals surface area contributed by atoms with Gasteiger partial charge in [-0.05, 0) is 213 Å². The van der Waals surface area contributed by atoms with Crippen LogP contribution in [0, 0.1) is 80.1 Å². The highest BCUT2D eigenvalue weighted by Crippen LogP contribution is 2.43. The molecule has 0 aliphatic carbocycles. The highest BCUT2D eigenvalue weighted by Gasteiger charge is 2.30. The van der Waals surface area contributed by atoms with E-state index in [1.165, 1.54) is 0 Å². The molecule has 0 saturated heterocycles. The average Bonchev–Trinajstić information content (AvgIpc) is 3.07. The van der Waals surface area contributed by atoms with Crippen LogP contribution < -0.4 is 18.9 Å². The quantitative estimate of drug-likeness (QED) is 0.114. The Morgan fingerprint density at radius 3 is 0.981 bits per heavy atom. The number of aryl methyl sites for hydroxylation is 6. The van der Waals surface area contributed by atoms with Gasteiger partial charge in [0.2, 0.25) is 0 Å². The molecule has 4 aromatic carbocycles. The van der Waals surface area contributed by atoms with E-state index in [1.807, 2.05) is 93.5 Å². The van der Waals surface area contributed by atoms with Gasteiger partial charge in [-0.15, -0.1) is 0 Å². The summed E-state index contributed by atoms with van der Waals surface area (Å²) in [7, 11) is 0. The van der Waals surface area contributed by atoms with Crippen molar-refractivity contribution in [3.8, 4) is 45.6 Å². The number of carbonyl (C=O) groups is 2. The van der Waals surface area contributed by atoms with Crippen LogP contribution in [0.3, 0.4) is 0 Å². The Morgan fingerprint density at radius 1 is 0.442 bits per heavy atom. The number of esters is 2. The van der Waals surface area contributed by atoms with Gasteiger partial charge >= 0.3 is 11.9 Å². The van der Waals surface area contributed by atoms with Crippen LogP contribution in [0.25, 0.3) is 11.1 Å². The Labute approximate surface area is 311 Å². The summed E-state index contributed by atoms with van der Waals surface area (Å²) in [5.41, 5.74) is 11.1. The monoisotopic (exact) mass is 706 g/mol. The van der Waals surface area contributed by atoms with E-state index in [0.29, 0.717) is 35.8 Å². The summed E-state index contributed by atoms with van der Waals surface area (Å²) in [6, 6.07) is 12.1. The van der Waals surface area contributed by atoms with Crippen LogP contribution in [0.1, 0.15) is 110 Å². The van der Waals surface area contributed by atoms with Gasteiger partial charge in [-0.3, -0.25) is 9.59 Å². The van der Waals surface area contributed by atoms with Gasteiger partial charge in [0.25, 0.3) is 0 Å². The van der Waals surface area contributed by atoms with E-state index >= 15 is 0 Å². The van der Waals surface area contributed by atoms with Gasteiger partial charge in [0.15, 0.2) is 0 Å². The Morgan fingerprint density at radius 2 is 0.712 bits per heavy atom. The zero-order valence-electron chi connectivity index (χ0n) is 34.3. The van der Waals surface area contributed by atoms with Crippen molar-refractivity contribution in [2.45, 2.75) is 124 Å². The fraction of sp³-hybridized carbons (Fsp3) is 0.435. The van der Waals surface area contributed by atoms with Crippen LogP contribution in [0.2, 0.25) is 0 Å². The number of hydrogen-bond donors (Lipinski definition) is 0. The molecule has 0 unspecified atom stereocenters. The van der Waals surface area contributed by atoms with Crippen molar-refractivity contribution in [1.29, 1.82) is 0 Å². The van der Waals surface area contributed by atoms with Crippen LogP contribution in [-0.4, -0.2) is 11.9 Å². The summed E-state index contributed by atoms with van der Waals surface area (Å²) < 4.78 is 24.9. The van der Waals surface area contributed by atoms with Gasteiger partial charge in [-0.2, -0.15) is 0 Å². The lowest BCUT2D eigenvalue weighted by Gasteiger charge is -2.23. The van der Waals surface area contributed by atoms with E-state index in [0.717, 1.165) is 78.3 Å². The van der Waals surface area contributed by atoms with Crippen molar-refractivity contribution < 1.29 is 28.5 Å². The van der Waals surface area contributed by atoms with E-state index in [1.54, 1.807) is 0 Å². The lowest BCUT2D eigenvalue weighted by molar-refractivity contribution is -0.145. The van der Waals surface area contributed by atoms with Crippen LogP contribution in [0.4, 0.5) is 0 Å². The van der Waals surface area contributed by atoms with E-state index < -0.39 is 10.8 Å². The molecule has 6 heteroatoms. The molecule has 0 saturated carbocycles. The van der Waals surface area contributed by atoms with Crippen LogP contribution in [0.15, 0.2) is 36.4 Å². The molecule has 0 atom stereocenters. The van der Waals surface area contributed by atoms with Crippen molar-refractivity contribution in [3.63, 3.8) is 0 Å². The maximum atomic E-state index is 12.8. The minimum absolute atomic E-state index is 0.233. The van der Waals surface area contributed by atoms with Crippen LogP contribution in [0.5, 0.6) is 34.5 Å². The summed E-state index contributed by atoms with van der Waals surface area (Å²) in [4.78, 5) is 25.6. The smallest absolute Gasteiger partial charge is 0.316 e. The van der Waals surface area contributed by atoms with Crippen molar-refractivity contribution >= 4 is 11.9 Å². The van der Waals surface area contributed by atoms with Gasteiger partial charge in [0.05, 0.1) is 10.8 Å². The third kappa shape index (κ3) is 8.06. The van der Waals surface area contributed by atoms with Crippen LogP contribution in [-0.2, 0) is 9.59 Å². The molecule has 4 aromatic rings. The predicted molar refractivity (Wildman–Crippen MR) is 212 cm³/mol. The van der Waals surface area contributed by atoms with Gasteiger partial charge in [0, 0.05) is 0 Å². The molecule has 0 bridgehead atoms. The fourth-order valence-corrected chi connectivity index (χ4v) is 6.24. The Bertz CT molecular complexity index is 1850. The van der Waals surface area contributed by atoms with Crippen LogP contribution >= 0.6 is 0 Å². The molecule has 0 radical (unpaired) electrons. The van der Waals surface area contributed by atoms with Gasteiger partial charge < -0.3 is 18.9 Å². The first-order valence-corrected chi connectivity index (χ1v) is 18.4. The van der Waals surface area contributed by atoms with Gasteiger partial charge in [0.1, 0.15) is 34.5 Å². The molecule has 0 N–H and O–H groups in total. The van der Waals surface area contributed by atoms with Crippen molar-refractivity contribution in [2.75, 3.05) is 0 Å². The zero-order valence-corrected chi connectivity index (χ0v) is 34.3. The molecule has 0 aromatic heterocycles. The second kappa shape index (κ2) is 15.2. The number of hydrogen-bond acceptors (Lipinski definition) is 6. The number of rotatable bonds is 11. The van der Waals surface area contributed by atoms with Gasteiger partial charge in [-0.25, -0.2) is 0 Å². The number of ether oxygens (including phenoxy) is 4. The summed E-state index contributed by atoms with van der Waals surface area (Å²) in [5.74, 6) is 3.76. The molecule has 0 aliphatic rings. The molecule has 0 amide bonds. The van der Waals surface area contributed by atoms with Crippen molar-refractivity contribution in [1.82, 2.24) is 0 Å². The predicted octanol–water partition coefficient (Wildman–Crippen LogP) is 12.7. The topological polar surface area (TPSA) is 71.1 Å². The summed E-state index contributed by atoms with van der Waals surface area (Å²) in [5, 5.41) is 0. The third-order valence-electron chi connectivity index (χ3n) is 10.9. The zero-order chi connectivity index (χ0) is 39.0. The molecule has 0 heterocycles. The van der Waals surface area contributed by atoms with Crippen molar-refractivity contribution in [2.24, 2.45) is 10.8 Å². The van der Waals surface area contributed by atoms with Crippen molar-refractivity contribution in [3.05, 3.63) is 92.0 Å². The first-order valence-electron chi connectivity index (χ1n) is 18.4. The largest absolute Gasteiger partial charge is 0.457 e. The third-order valence-corrected chi connectivity index (χ3v) is 10.9. The highest BCUT2D eigenvalue weighted by atomic mass is 16.5. The van der Waals surface area contributed by atoms with E-state index in [-0.39, 0.29) is 11.9 Å². The second-order valence-electron chi connectivity index (χ2n) is 15.9. The van der Waals surface area contributed by atoms with E-state index in [2.05, 4.69) is 53.7 Å². The molecule has 6 nitrogen and oxygen atoms in total. The molecule has 0 aliphatic heterocycles. The molecule has 278 valence electrons. The maximum absolute atomic E-state index is 12.8. The Hall–Kier alpha value is -4.58. The molecule has 4 rings (SSSR count). The van der Waals surface area contributed by atoms with E-state index in [4.69, 9.17) is 18.9 Å². The summed E-state index contributed by atoms with van der Waals surface area (Å²) in [6.07, 6.45) is 1.39. The fourth-order valence-electron chi connectivity index (χ4n) is 6.24. The lowest BCUT2D eigenvalue weighted by Crippen LogP contribution is -2.28. The summed E-state index contributed by atoms with van der Waals surface area (Å²) in [6.45, 7) is 32.0. The normalized spacial score (nSPS) is 11.8. The average molecular weight is 707 g/mol. The minimum atomic E-state index is -0.556. The van der Waals surface area contributed by atoms with Gasteiger partial charge in [-0.1, -0.05) is 13.8 Å². The first-order chi connectivity index (χ1) is 24.1. The summed E-state index contributed by atoms with van der Waals surface area (Å²) >= 11 is 0. The molecule has 0 spiro atoms. The Balaban J connectivity index is 1.64. The standard InChI is InChI=1S/C46H58O6/c1-17-45(13,14)43(47)51-39-25(3)19-35(20-26(39)4)49-41-29(7)23-37(31(9)33(41)11)38-24-30(8)42(34(12)32(38)10)50-36-21-27(5)40(28(6)22-36)52-44(48)46(15,16)18-2/h19-24H,17-18H2,1-16H3. The van der Waals surface area contributed by atoms with E-state index in [9.17, 15) is 9.59 Å². The molecular weight excluding hydrogens is 648 g/mol. The molecular formula is C46H58O6. The molecule has 52 heavy (non-hydrogen) atoms. The lowest BCUT2D eigenvalue weighted by atomic mass is 9.88. The second-order valence-corrected chi connectivity index (χ2v) is 15.9. The highest BCUT2D eigenvalue weighted by molar-refractivity contribution is 5.80. The number of carbonyl (C=O) groups excluding carboxylic acids is 2. The Kier molecular flexibility index (Phi) is 11.7. The number of benzene rings is 4. The molecule has 0 fully saturated rings. The maximum Gasteiger partial charge on any atom is 0.316 e.